The van der Waals surface area contributed by atoms with Gasteiger partial charge in [-0.25, -0.2) is 13.6 Å². The summed E-state index contributed by atoms with van der Waals surface area (Å²) >= 11 is 0. The number of carbonyl (C=O) groups is 1. The molecule has 0 aliphatic carbocycles. The molecule has 13 heavy (non-hydrogen) atoms. The average Bonchev–Trinajstić information content (AvgIpc) is 2.06. The maximum atomic E-state index is 12.3. The van der Waals surface area contributed by atoms with Gasteiger partial charge in [-0.15, -0.1) is 0 Å². The Morgan fingerprint density at radius 1 is 1.46 bits per heavy atom. The van der Waals surface area contributed by atoms with Crippen LogP contribution >= 0.6 is 0 Å². The summed E-state index contributed by atoms with van der Waals surface area (Å²) in [5.74, 6) is -2.92. The second kappa shape index (κ2) is 6.62. The van der Waals surface area contributed by atoms with Crippen molar-refractivity contribution >= 4 is 6.09 Å². The first-order valence-corrected chi connectivity index (χ1v) is 4.10. The van der Waals surface area contributed by atoms with E-state index >= 15 is 0 Å². The minimum atomic E-state index is -2.92. The van der Waals surface area contributed by atoms with E-state index in [1.54, 1.807) is 0 Å². The molecular weight excluding hydrogens is 180 g/mol. The molecule has 5 heteroatoms. The topological polar surface area (TPSA) is 38.3 Å². The summed E-state index contributed by atoms with van der Waals surface area (Å²) in [5.41, 5.74) is 0. The molecule has 0 saturated carbocycles. The molecule has 0 saturated heterocycles. The highest BCUT2D eigenvalue weighted by Gasteiger charge is 2.31. The lowest BCUT2D eigenvalue weighted by Crippen LogP contribution is -2.43. The van der Waals surface area contributed by atoms with Crippen molar-refractivity contribution in [3.63, 3.8) is 0 Å². The second-order valence-electron chi connectivity index (χ2n) is 2.31. The Bertz CT molecular complexity index is 146. The van der Waals surface area contributed by atoms with Gasteiger partial charge in [0.25, 0.3) is 5.92 Å². The number of carbonyl (C=O) groups excluding carboxylic acids is 1. The molecule has 0 bridgehead atoms. The molecule has 0 fully saturated rings. The van der Waals surface area contributed by atoms with Crippen molar-refractivity contribution in [3.05, 3.63) is 0 Å². The SMILES string of the molecule is CC.COC(=O)NC(C)C(C)(F)F. The molecule has 1 amide bonds. The zero-order chi connectivity index (χ0) is 11.1. The van der Waals surface area contributed by atoms with Crippen LogP contribution in [0, 0.1) is 0 Å². The maximum Gasteiger partial charge on any atom is 0.407 e. The van der Waals surface area contributed by atoms with Crippen LogP contribution in [-0.2, 0) is 4.74 Å². The third kappa shape index (κ3) is 7.49. The van der Waals surface area contributed by atoms with Crippen LogP contribution in [0.15, 0.2) is 0 Å². The first-order chi connectivity index (χ1) is 5.88. The van der Waals surface area contributed by atoms with Gasteiger partial charge >= 0.3 is 6.09 Å². The van der Waals surface area contributed by atoms with Crippen molar-refractivity contribution < 1.29 is 18.3 Å². The lowest BCUT2D eigenvalue weighted by molar-refractivity contribution is -0.0114. The van der Waals surface area contributed by atoms with Crippen molar-refractivity contribution in [2.45, 2.75) is 39.7 Å². The third-order valence-corrected chi connectivity index (χ3v) is 1.28. The summed E-state index contributed by atoms with van der Waals surface area (Å²) in [4.78, 5) is 10.4. The van der Waals surface area contributed by atoms with Crippen LogP contribution in [-0.4, -0.2) is 25.2 Å². The number of hydrogen-bond donors (Lipinski definition) is 1. The number of hydrogen-bond acceptors (Lipinski definition) is 2. The number of alkyl carbamates (subject to hydrolysis) is 1. The molecule has 0 spiro atoms. The van der Waals surface area contributed by atoms with Gasteiger partial charge in [0.1, 0.15) is 0 Å². The summed E-state index contributed by atoms with van der Waals surface area (Å²) in [7, 11) is 1.12. The van der Waals surface area contributed by atoms with Crippen molar-refractivity contribution in [3.8, 4) is 0 Å². The molecular formula is C8H17F2NO2. The van der Waals surface area contributed by atoms with Crippen molar-refractivity contribution in [1.82, 2.24) is 5.32 Å². The molecule has 80 valence electrons. The van der Waals surface area contributed by atoms with E-state index in [1.807, 2.05) is 19.2 Å². The first kappa shape index (κ1) is 14.6. The Hall–Kier alpha value is -0.870. The molecule has 0 rings (SSSR count). The van der Waals surface area contributed by atoms with E-state index in [2.05, 4.69) is 4.74 Å². The van der Waals surface area contributed by atoms with Gasteiger partial charge in [0.15, 0.2) is 0 Å². The van der Waals surface area contributed by atoms with Crippen molar-refractivity contribution in [2.24, 2.45) is 0 Å². The molecule has 0 aliphatic heterocycles. The number of alkyl halides is 2. The van der Waals surface area contributed by atoms with Gasteiger partial charge in [0.05, 0.1) is 13.2 Å². The van der Waals surface area contributed by atoms with Crippen molar-refractivity contribution in [1.29, 1.82) is 0 Å². The van der Waals surface area contributed by atoms with Crippen LogP contribution in [0.4, 0.5) is 13.6 Å². The summed E-state index contributed by atoms with van der Waals surface area (Å²) in [5, 5.41) is 1.96. The fourth-order valence-corrected chi connectivity index (χ4v) is 0.362. The fraction of sp³-hybridized carbons (Fsp3) is 0.875. The molecule has 0 aromatic carbocycles. The summed E-state index contributed by atoms with van der Waals surface area (Å²) in [6.07, 6.45) is -0.848. The van der Waals surface area contributed by atoms with Crippen LogP contribution in [0.2, 0.25) is 0 Å². The van der Waals surface area contributed by atoms with Gasteiger partial charge in [0, 0.05) is 6.92 Å². The molecule has 3 nitrogen and oxygen atoms in total. The van der Waals surface area contributed by atoms with Gasteiger partial charge < -0.3 is 10.1 Å². The van der Waals surface area contributed by atoms with Crippen molar-refractivity contribution in [2.75, 3.05) is 7.11 Å². The van der Waals surface area contributed by atoms with E-state index in [0.29, 0.717) is 0 Å². The van der Waals surface area contributed by atoms with E-state index in [0.717, 1.165) is 14.0 Å². The quantitative estimate of drug-likeness (QED) is 0.738. The van der Waals surface area contributed by atoms with E-state index in [9.17, 15) is 13.6 Å². The van der Waals surface area contributed by atoms with Gasteiger partial charge in [-0.1, -0.05) is 13.8 Å². The highest BCUT2D eigenvalue weighted by Crippen LogP contribution is 2.16. The lowest BCUT2D eigenvalue weighted by Gasteiger charge is -2.19. The summed E-state index contributed by atoms with van der Waals surface area (Å²) < 4.78 is 28.8. The molecule has 0 heterocycles. The smallest absolute Gasteiger partial charge is 0.407 e. The van der Waals surface area contributed by atoms with E-state index in [4.69, 9.17) is 0 Å². The standard InChI is InChI=1S/C6H11F2NO2.C2H6/c1-4(6(2,7)8)9-5(10)11-3;1-2/h4H,1-3H3,(H,9,10);1-2H3. The average molecular weight is 197 g/mol. The lowest BCUT2D eigenvalue weighted by atomic mass is 10.2. The maximum absolute atomic E-state index is 12.3. The summed E-state index contributed by atoms with van der Waals surface area (Å²) in [6, 6.07) is -1.21. The fourth-order valence-electron chi connectivity index (χ4n) is 0.362. The van der Waals surface area contributed by atoms with E-state index < -0.39 is 18.1 Å². The van der Waals surface area contributed by atoms with Crippen LogP contribution < -0.4 is 5.32 Å². The normalized spacial score (nSPS) is 12.2. The number of halogens is 2. The molecule has 1 unspecified atom stereocenters. The largest absolute Gasteiger partial charge is 0.453 e. The molecule has 1 N–H and O–H groups in total. The van der Waals surface area contributed by atoms with Gasteiger partial charge in [0.2, 0.25) is 0 Å². The zero-order valence-electron chi connectivity index (χ0n) is 8.65. The molecule has 0 aliphatic rings. The van der Waals surface area contributed by atoms with Crippen LogP contribution in [0.25, 0.3) is 0 Å². The Morgan fingerprint density at radius 3 is 2.08 bits per heavy atom. The Morgan fingerprint density at radius 2 is 1.85 bits per heavy atom. The molecule has 0 aromatic heterocycles. The second-order valence-corrected chi connectivity index (χ2v) is 2.31. The number of nitrogens with one attached hydrogen (secondary N) is 1. The number of methoxy groups -OCH3 is 1. The minimum absolute atomic E-state index is 0.730. The molecule has 0 aromatic rings. The Kier molecular flexibility index (Phi) is 7.46. The van der Waals surface area contributed by atoms with Gasteiger partial charge in [-0.2, -0.15) is 0 Å². The highest BCUT2D eigenvalue weighted by atomic mass is 19.3. The monoisotopic (exact) mass is 197 g/mol. The third-order valence-electron chi connectivity index (χ3n) is 1.28. The predicted octanol–water partition coefficient (Wildman–Crippen LogP) is 2.41. The number of amides is 1. The first-order valence-electron chi connectivity index (χ1n) is 4.10. The summed E-state index contributed by atoms with van der Waals surface area (Å²) in [6.45, 7) is 5.94. The van der Waals surface area contributed by atoms with Crippen LogP contribution in [0.3, 0.4) is 0 Å². The number of ether oxygens (including phenoxy) is 1. The van der Waals surface area contributed by atoms with Gasteiger partial charge in [-0.05, 0) is 6.92 Å². The predicted molar refractivity (Wildman–Crippen MR) is 47.0 cm³/mol. The van der Waals surface area contributed by atoms with E-state index in [-0.39, 0.29) is 0 Å². The van der Waals surface area contributed by atoms with Gasteiger partial charge in [-0.3, -0.25) is 0 Å². The van der Waals surface area contributed by atoms with Crippen LogP contribution in [0.5, 0.6) is 0 Å². The van der Waals surface area contributed by atoms with E-state index in [1.165, 1.54) is 6.92 Å². The number of rotatable bonds is 2. The zero-order valence-corrected chi connectivity index (χ0v) is 8.65. The Labute approximate surface area is 77.5 Å². The van der Waals surface area contributed by atoms with Crippen LogP contribution in [0.1, 0.15) is 27.7 Å². The Balaban J connectivity index is 0. The molecule has 1 atom stereocenters. The highest BCUT2D eigenvalue weighted by molar-refractivity contribution is 5.67. The minimum Gasteiger partial charge on any atom is -0.453 e. The molecule has 0 radical (unpaired) electrons.